The van der Waals surface area contributed by atoms with Crippen molar-refractivity contribution in [2.24, 2.45) is 0 Å². The molecular formula is C18H21FOS. The molecule has 2 aromatic rings. The zero-order valence-corrected chi connectivity index (χ0v) is 13.7. The highest BCUT2D eigenvalue weighted by Crippen LogP contribution is 2.34. The van der Waals surface area contributed by atoms with E-state index in [2.05, 4.69) is 45.0 Å². The van der Waals surface area contributed by atoms with Gasteiger partial charge in [0.1, 0.15) is 5.82 Å². The van der Waals surface area contributed by atoms with Crippen LogP contribution in [0.3, 0.4) is 0 Å². The lowest BCUT2D eigenvalue weighted by Crippen LogP contribution is -2.10. The van der Waals surface area contributed by atoms with Gasteiger partial charge in [0.15, 0.2) is 0 Å². The molecule has 0 unspecified atom stereocenters. The minimum Gasteiger partial charge on any atom is -0.389 e. The molecule has 21 heavy (non-hydrogen) atoms. The Morgan fingerprint density at radius 1 is 1.05 bits per heavy atom. The molecule has 1 atom stereocenters. The van der Waals surface area contributed by atoms with Gasteiger partial charge in [-0.15, -0.1) is 0 Å². The maximum absolute atomic E-state index is 13.3. The van der Waals surface area contributed by atoms with Crippen LogP contribution in [0.1, 0.15) is 44.9 Å². The summed E-state index contributed by atoms with van der Waals surface area (Å²) in [5.74, 6) is -0.321. The second-order valence-corrected chi connectivity index (χ2v) is 7.35. The molecule has 0 saturated carbocycles. The van der Waals surface area contributed by atoms with E-state index < -0.39 is 6.10 Å². The number of hydrogen-bond acceptors (Lipinski definition) is 2. The topological polar surface area (TPSA) is 20.2 Å². The smallest absolute Gasteiger partial charge is 0.123 e. The van der Waals surface area contributed by atoms with E-state index in [0.717, 1.165) is 9.79 Å². The van der Waals surface area contributed by atoms with E-state index in [-0.39, 0.29) is 11.2 Å². The summed E-state index contributed by atoms with van der Waals surface area (Å²) in [6.07, 6.45) is -0.683. The van der Waals surface area contributed by atoms with Crippen molar-refractivity contribution in [3.63, 3.8) is 0 Å². The second kappa shape index (κ2) is 6.20. The minimum absolute atomic E-state index is 0.129. The van der Waals surface area contributed by atoms with Crippen LogP contribution in [0.5, 0.6) is 0 Å². The Labute approximate surface area is 130 Å². The van der Waals surface area contributed by atoms with Crippen molar-refractivity contribution in [2.45, 2.75) is 49.0 Å². The van der Waals surface area contributed by atoms with Crippen molar-refractivity contribution < 1.29 is 9.50 Å². The summed E-state index contributed by atoms with van der Waals surface area (Å²) in [5, 5.41) is 9.78. The molecule has 2 rings (SSSR count). The van der Waals surface area contributed by atoms with Crippen molar-refractivity contribution in [2.75, 3.05) is 0 Å². The Hall–Kier alpha value is -1.32. The molecule has 3 heteroatoms. The first kappa shape index (κ1) is 16.1. The average Bonchev–Trinajstić information content (AvgIpc) is 2.40. The van der Waals surface area contributed by atoms with Gasteiger partial charge in [0, 0.05) is 9.79 Å². The van der Waals surface area contributed by atoms with Crippen LogP contribution in [-0.2, 0) is 5.41 Å². The van der Waals surface area contributed by atoms with Gasteiger partial charge < -0.3 is 5.11 Å². The molecule has 0 bridgehead atoms. The van der Waals surface area contributed by atoms with E-state index in [9.17, 15) is 9.50 Å². The van der Waals surface area contributed by atoms with Crippen LogP contribution < -0.4 is 0 Å². The maximum atomic E-state index is 13.3. The van der Waals surface area contributed by atoms with E-state index in [0.29, 0.717) is 5.56 Å². The van der Waals surface area contributed by atoms with Crippen LogP contribution in [0.2, 0.25) is 0 Å². The number of rotatable bonds is 3. The third-order valence-electron chi connectivity index (χ3n) is 3.37. The number of halogens is 1. The van der Waals surface area contributed by atoms with Gasteiger partial charge in [-0.3, -0.25) is 0 Å². The van der Waals surface area contributed by atoms with Gasteiger partial charge in [-0.1, -0.05) is 44.7 Å². The lowest BCUT2D eigenvalue weighted by atomic mass is 9.87. The Bertz CT molecular complexity index is 612. The standard InChI is InChI=1S/C18H21FOS/c1-12(20)16-11-14(19)7-10-17(16)21-15-8-5-13(6-9-15)18(2,3)4/h5-12,20H,1-4H3/t12-/m1/s1. The quantitative estimate of drug-likeness (QED) is 0.827. The SMILES string of the molecule is C[C@@H](O)c1cc(F)ccc1Sc1ccc(C(C)(C)C)cc1. The molecule has 1 N–H and O–H groups in total. The highest BCUT2D eigenvalue weighted by molar-refractivity contribution is 7.99. The van der Waals surface area contributed by atoms with E-state index in [1.165, 1.54) is 17.7 Å². The summed E-state index contributed by atoms with van der Waals surface area (Å²) in [4.78, 5) is 1.96. The molecule has 0 aliphatic heterocycles. The zero-order valence-electron chi connectivity index (χ0n) is 12.9. The van der Waals surface area contributed by atoms with Gasteiger partial charge >= 0.3 is 0 Å². The van der Waals surface area contributed by atoms with Gasteiger partial charge in [0.25, 0.3) is 0 Å². The van der Waals surface area contributed by atoms with Crippen LogP contribution in [-0.4, -0.2) is 5.11 Å². The Morgan fingerprint density at radius 2 is 1.67 bits per heavy atom. The van der Waals surface area contributed by atoms with Crippen molar-refractivity contribution in [1.29, 1.82) is 0 Å². The summed E-state index contributed by atoms with van der Waals surface area (Å²) in [7, 11) is 0. The molecule has 0 fully saturated rings. The predicted octanol–water partition coefficient (Wildman–Crippen LogP) is 5.33. The first-order chi connectivity index (χ1) is 9.77. The Morgan fingerprint density at radius 3 is 2.19 bits per heavy atom. The molecular weight excluding hydrogens is 283 g/mol. The zero-order chi connectivity index (χ0) is 15.6. The number of benzene rings is 2. The third kappa shape index (κ3) is 4.08. The maximum Gasteiger partial charge on any atom is 0.123 e. The molecule has 0 saturated heterocycles. The normalized spacial score (nSPS) is 13.2. The highest BCUT2D eigenvalue weighted by atomic mass is 32.2. The monoisotopic (exact) mass is 304 g/mol. The molecule has 2 aromatic carbocycles. The number of hydrogen-bond donors (Lipinski definition) is 1. The summed E-state index contributed by atoms with van der Waals surface area (Å²) in [5.41, 5.74) is 2.03. The van der Waals surface area contributed by atoms with E-state index in [1.54, 1.807) is 24.8 Å². The summed E-state index contributed by atoms with van der Waals surface area (Å²) < 4.78 is 13.3. The first-order valence-electron chi connectivity index (χ1n) is 7.03. The van der Waals surface area contributed by atoms with E-state index in [4.69, 9.17) is 0 Å². The number of aliphatic hydroxyl groups excluding tert-OH is 1. The average molecular weight is 304 g/mol. The van der Waals surface area contributed by atoms with Gasteiger partial charge in [-0.2, -0.15) is 0 Å². The molecule has 0 radical (unpaired) electrons. The molecule has 0 spiro atoms. The molecule has 0 aliphatic rings. The van der Waals surface area contributed by atoms with Crippen LogP contribution in [0.15, 0.2) is 52.3 Å². The van der Waals surface area contributed by atoms with Gasteiger partial charge in [-0.05, 0) is 53.8 Å². The van der Waals surface area contributed by atoms with Crippen molar-refractivity contribution in [1.82, 2.24) is 0 Å². The summed E-state index contributed by atoms with van der Waals surface area (Å²) >= 11 is 1.54. The third-order valence-corrected chi connectivity index (χ3v) is 4.47. The van der Waals surface area contributed by atoms with Crippen molar-refractivity contribution in [3.8, 4) is 0 Å². The van der Waals surface area contributed by atoms with Crippen LogP contribution in [0.25, 0.3) is 0 Å². The first-order valence-corrected chi connectivity index (χ1v) is 7.85. The molecule has 0 amide bonds. The fraction of sp³-hybridized carbons (Fsp3) is 0.333. The van der Waals surface area contributed by atoms with Crippen molar-refractivity contribution in [3.05, 3.63) is 59.4 Å². The van der Waals surface area contributed by atoms with Crippen LogP contribution in [0.4, 0.5) is 4.39 Å². The van der Waals surface area contributed by atoms with Crippen molar-refractivity contribution >= 4 is 11.8 Å². The van der Waals surface area contributed by atoms with E-state index in [1.807, 2.05) is 0 Å². The molecule has 0 heterocycles. The fourth-order valence-corrected chi connectivity index (χ4v) is 3.10. The molecule has 0 aliphatic carbocycles. The van der Waals surface area contributed by atoms with Gasteiger partial charge in [-0.25, -0.2) is 4.39 Å². The van der Waals surface area contributed by atoms with Crippen LogP contribution in [0, 0.1) is 5.82 Å². The predicted molar refractivity (Wildman–Crippen MR) is 86.3 cm³/mol. The fourth-order valence-electron chi connectivity index (χ4n) is 2.09. The van der Waals surface area contributed by atoms with Crippen LogP contribution >= 0.6 is 11.8 Å². The Balaban J connectivity index is 2.26. The van der Waals surface area contributed by atoms with Gasteiger partial charge in [0.05, 0.1) is 6.10 Å². The lowest BCUT2D eigenvalue weighted by molar-refractivity contribution is 0.196. The summed E-state index contributed by atoms with van der Waals surface area (Å²) in [6, 6.07) is 12.9. The highest BCUT2D eigenvalue weighted by Gasteiger charge is 2.14. The Kier molecular flexibility index (Phi) is 4.74. The minimum atomic E-state index is -0.683. The molecule has 0 aromatic heterocycles. The number of aliphatic hydroxyl groups is 1. The lowest BCUT2D eigenvalue weighted by Gasteiger charge is -2.19. The molecule has 112 valence electrons. The van der Waals surface area contributed by atoms with E-state index >= 15 is 0 Å². The second-order valence-electron chi connectivity index (χ2n) is 6.23. The van der Waals surface area contributed by atoms with Gasteiger partial charge in [0.2, 0.25) is 0 Å². The summed E-state index contributed by atoms with van der Waals surface area (Å²) in [6.45, 7) is 8.20. The largest absolute Gasteiger partial charge is 0.389 e. The molecule has 1 nitrogen and oxygen atoms in total.